The molecule has 0 aromatic carbocycles. The molecule has 0 amide bonds. The molecule has 58 valence electrons. The third kappa shape index (κ3) is 39.9. The van der Waals surface area contributed by atoms with E-state index in [1.807, 2.05) is 0 Å². The second kappa shape index (κ2) is 16.2. The first kappa shape index (κ1) is 16.8. The predicted octanol–water partition coefficient (Wildman–Crippen LogP) is -1.69. The first-order chi connectivity index (χ1) is 4.18. The molecule has 0 atom stereocenters. The Kier molecular flexibility index (Phi) is 27.2. The van der Waals surface area contributed by atoms with Gasteiger partial charge in [0, 0.05) is 6.08 Å². The number of aliphatic hydroxyl groups is 2. The Morgan fingerprint density at radius 1 is 1.40 bits per heavy atom. The van der Waals surface area contributed by atoms with Crippen molar-refractivity contribution >= 4 is 43.7 Å². The maximum atomic E-state index is 9.25. The molecular formula is C5H12CaO4. The Bertz CT molecular complexity index is 81.7. The van der Waals surface area contributed by atoms with Crippen molar-refractivity contribution in [3.05, 3.63) is 12.7 Å². The van der Waals surface area contributed by atoms with Gasteiger partial charge in [-0.15, -0.1) is 0 Å². The molecule has 0 rings (SSSR count). The number of hydrogen-bond donors (Lipinski definition) is 3. The van der Waals surface area contributed by atoms with E-state index in [9.17, 15) is 4.79 Å². The quantitative estimate of drug-likeness (QED) is 0.346. The van der Waals surface area contributed by atoms with Crippen molar-refractivity contribution in [2.75, 3.05) is 13.2 Å². The van der Waals surface area contributed by atoms with Crippen LogP contribution in [-0.2, 0) is 4.79 Å². The van der Waals surface area contributed by atoms with Crippen molar-refractivity contribution in [2.45, 2.75) is 0 Å². The van der Waals surface area contributed by atoms with E-state index in [-0.39, 0.29) is 51.0 Å². The molecule has 0 unspecified atom stereocenters. The fourth-order valence-corrected chi connectivity index (χ4v) is 0. The summed E-state index contributed by atoms with van der Waals surface area (Å²) in [4.78, 5) is 9.25. The summed E-state index contributed by atoms with van der Waals surface area (Å²) in [6, 6.07) is 0. The Morgan fingerprint density at radius 3 is 1.60 bits per heavy atom. The average Bonchev–Trinajstić information content (AvgIpc) is 1.89. The minimum atomic E-state index is -0.981. The van der Waals surface area contributed by atoms with Crippen molar-refractivity contribution in [3.8, 4) is 0 Å². The number of carboxylic acid groups (broad SMARTS) is 1. The molecule has 3 N–H and O–H groups in total. The second-order valence-electron chi connectivity index (χ2n) is 0.990. The van der Waals surface area contributed by atoms with Gasteiger partial charge in [0.1, 0.15) is 0 Å². The molecule has 0 saturated carbocycles. The summed E-state index contributed by atoms with van der Waals surface area (Å²) in [5.74, 6) is -0.981. The number of rotatable bonds is 2. The van der Waals surface area contributed by atoms with Crippen molar-refractivity contribution < 1.29 is 20.1 Å². The SMILES string of the molecule is C=CC(=O)O.OCCO.[CaH2]. The van der Waals surface area contributed by atoms with E-state index in [0.717, 1.165) is 6.08 Å². The molecule has 0 aromatic rings. The number of carboxylic acids is 1. The first-order valence-corrected chi connectivity index (χ1v) is 2.26. The van der Waals surface area contributed by atoms with Gasteiger partial charge in [-0.1, -0.05) is 6.58 Å². The zero-order valence-electron chi connectivity index (χ0n) is 4.95. The van der Waals surface area contributed by atoms with Crippen LogP contribution < -0.4 is 0 Å². The fourth-order valence-electron chi connectivity index (χ4n) is 0. The summed E-state index contributed by atoms with van der Waals surface area (Å²) in [5, 5.41) is 22.9. The Balaban J connectivity index is -0.0000000910. The van der Waals surface area contributed by atoms with Gasteiger partial charge in [-0.05, 0) is 0 Å². The van der Waals surface area contributed by atoms with Crippen LogP contribution >= 0.6 is 0 Å². The van der Waals surface area contributed by atoms with Gasteiger partial charge in [0.2, 0.25) is 0 Å². The molecule has 0 spiro atoms. The Hall–Kier alpha value is 0.390. The summed E-state index contributed by atoms with van der Waals surface area (Å²) in [7, 11) is 0. The number of carbonyl (C=O) groups is 1. The Labute approximate surface area is 89.2 Å². The van der Waals surface area contributed by atoms with Crippen LogP contribution in [0, 0.1) is 0 Å². The van der Waals surface area contributed by atoms with Crippen molar-refractivity contribution in [1.29, 1.82) is 0 Å². The van der Waals surface area contributed by atoms with E-state index < -0.39 is 5.97 Å². The third-order valence-electron chi connectivity index (χ3n) is 0.275. The molecule has 4 nitrogen and oxygen atoms in total. The van der Waals surface area contributed by atoms with Gasteiger partial charge in [-0.3, -0.25) is 0 Å². The number of hydrogen-bond acceptors (Lipinski definition) is 3. The molecule has 0 aliphatic carbocycles. The van der Waals surface area contributed by atoms with E-state index in [1.165, 1.54) is 0 Å². The number of aliphatic carboxylic acids is 1. The molecular weight excluding hydrogens is 164 g/mol. The minimum absolute atomic E-state index is 0. The van der Waals surface area contributed by atoms with E-state index in [2.05, 4.69) is 6.58 Å². The summed E-state index contributed by atoms with van der Waals surface area (Å²) in [6.07, 6.45) is 0.833. The molecule has 0 aromatic heterocycles. The second-order valence-corrected chi connectivity index (χ2v) is 0.990. The third-order valence-corrected chi connectivity index (χ3v) is 0.275. The van der Waals surface area contributed by atoms with Gasteiger partial charge < -0.3 is 15.3 Å². The number of aliphatic hydroxyl groups excluding tert-OH is 2. The molecule has 0 aliphatic heterocycles. The molecule has 0 radical (unpaired) electrons. The fraction of sp³-hybridized carbons (Fsp3) is 0.400. The van der Waals surface area contributed by atoms with E-state index in [4.69, 9.17) is 15.3 Å². The van der Waals surface area contributed by atoms with Crippen LogP contribution in [0.4, 0.5) is 0 Å². The van der Waals surface area contributed by atoms with Crippen LogP contribution in [-0.4, -0.2) is 72.2 Å². The Morgan fingerprint density at radius 2 is 1.60 bits per heavy atom. The summed E-state index contributed by atoms with van der Waals surface area (Å²) < 4.78 is 0. The first-order valence-electron chi connectivity index (χ1n) is 2.26. The van der Waals surface area contributed by atoms with Crippen LogP contribution in [0.3, 0.4) is 0 Å². The van der Waals surface area contributed by atoms with Crippen LogP contribution in [0.5, 0.6) is 0 Å². The predicted molar refractivity (Wildman–Crippen MR) is 40.5 cm³/mol. The average molecular weight is 176 g/mol. The van der Waals surface area contributed by atoms with Gasteiger partial charge in [-0.2, -0.15) is 0 Å². The normalized spacial score (nSPS) is 6.20. The summed E-state index contributed by atoms with van der Waals surface area (Å²) in [5.41, 5.74) is 0. The molecule has 0 bridgehead atoms. The van der Waals surface area contributed by atoms with Crippen LogP contribution in [0.15, 0.2) is 12.7 Å². The molecule has 5 heteroatoms. The van der Waals surface area contributed by atoms with E-state index in [0.29, 0.717) is 0 Å². The monoisotopic (exact) mass is 176 g/mol. The molecule has 10 heavy (non-hydrogen) atoms. The van der Waals surface area contributed by atoms with Gasteiger partial charge in [0.05, 0.1) is 13.2 Å². The summed E-state index contributed by atoms with van der Waals surface area (Å²) in [6.45, 7) is 2.71. The standard InChI is InChI=1S/C3H4O2.C2H6O2.Ca.2H/c1-2-3(4)5;3-1-2-4;;;/h2H,1H2,(H,4,5);3-4H,1-2H2;;;. The van der Waals surface area contributed by atoms with Crippen molar-refractivity contribution in [3.63, 3.8) is 0 Å². The van der Waals surface area contributed by atoms with Crippen molar-refractivity contribution in [2.24, 2.45) is 0 Å². The molecule has 0 fully saturated rings. The van der Waals surface area contributed by atoms with Gasteiger partial charge in [0.25, 0.3) is 0 Å². The topological polar surface area (TPSA) is 77.8 Å². The zero-order chi connectivity index (χ0) is 7.70. The zero-order valence-corrected chi connectivity index (χ0v) is 4.95. The van der Waals surface area contributed by atoms with Crippen LogP contribution in [0.2, 0.25) is 0 Å². The van der Waals surface area contributed by atoms with Crippen molar-refractivity contribution in [1.82, 2.24) is 0 Å². The van der Waals surface area contributed by atoms with Gasteiger partial charge in [0.15, 0.2) is 0 Å². The molecule has 0 aliphatic rings. The maximum absolute atomic E-state index is 9.25. The van der Waals surface area contributed by atoms with E-state index in [1.54, 1.807) is 0 Å². The van der Waals surface area contributed by atoms with Gasteiger partial charge in [-0.25, -0.2) is 4.79 Å². The summed E-state index contributed by atoms with van der Waals surface area (Å²) >= 11 is 0. The van der Waals surface area contributed by atoms with Gasteiger partial charge >= 0.3 is 43.7 Å². The molecule has 0 heterocycles. The molecule has 0 saturated heterocycles. The van der Waals surface area contributed by atoms with Crippen LogP contribution in [0.1, 0.15) is 0 Å². The van der Waals surface area contributed by atoms with E-state index >= 15 is 0 Å². The van der Waals surface area contributed by atoms with Crippen LogP contribution in [0.25, 0.3) is 0 Å².